The smallest absolute Gasteiger partial charge is 0.321 e. The number of ether oxygens (including phenoxy) is 1. The standard InChI is InChI=1S/C20H22FN3O6S/c1-14-3-9-17(10-4-14)31(28,29)22-11-20(27)30-13-19(26)24(2)12-18(25)23-16-7-5-15(21)6-8-16/h3-10,22H,11-13H2,1-2H3,(H,23,25). The van der Waals surface area contributed by atoms with Crippen molar-refractivity contribution in [2.24, 2.45) is 0 Å². The fourth-order valence-electron chi connectivity index (χ4n) is 2.30. The molecule has 0 aliphatic heterocycles. The van der Waals surface area contributed by atoms with Gasteiger partial charge >= 0.3 is 5.97 Å². The van der Waals surface area contributed by atoms with Crippen molar-refractivity contribution in [3.63, 3.8) is 0 Å². The molecule has 0 aliphatic carbocycles. The molecule has 2 aromatic rings. The zero-order valence-electron chi connectivity index (χ0n) is 16.9. The van der Waals surface area contributed by atoms with Gasteiger partial charge in [0.25, 0.3) is 5.91 Å². The highest BCUT2D eigenvalue weighted by Crippen LogP contribution is 2.10. The third-order valence-corrected chi connectivity index (χ3v) is 5.45. The number of benzene rings is 2. The first-order valence-corrected chi connectivity index (χ1v) is 10.6. The van der Waals surface area contributed by atoms with Gasteiger partial charge in [0.1, 0.15) is 12.4 Å². The van der Waals surface area contributed by atoms with E-state index in [1.54, 1.807) is 12.1 Å². The average molecular weight is 451 g/mol. The van der Waals surface area contributed by atoms with Gasteiger partial charge < -0.3 is 15.0 Å². The van der Waals surface area contributed by atoms with E-state index in [0.717, 1.165) is 10.5 Å². The van der Waals surface area contributed by atoms with Crippen molar-refractivity contribution < 1.29 is 31.9 Å². The number of likely N-dealkylation sites (N-methyl/N-ethyl adjacent to an activating group) is 1. The number of halogens is 1. The van der Waals surface area contributed by atoms with Gasteiger partial charge in [0, 0.05) is 12.7 Å². The zero-order valence-corrected chi connectivity index (χ0v) is 17.7. The number of rotatable bonds is 9. The molecule has 2 N–H and O–H groups in total. The van der Waals surface area contributed by atoms with Crippen LogP contribution in [0.3, 0.4) is 0 Å². The highest BCUT2D eigenvalue weighted by atomic mass is 32.2. The van der Waals surface area contributed by atoms with Gasteiger partial charge in [-0.25, -0.2) is 12.8 Å². The number of hydrogen-bond acceptors (Lipinski definition) is 6. The first-order valence-electron chi connectivity index (χ1n) is 9.08. The minimum atomic E-state index is -3.90. The molecule has 0 atom stereocenters. The summed E-state index contributed by atoms with van der Waals surface area (Å²) in [4.78, 5) is 36.7. The van der Waals surface area contributed by atoms with Crippen LogP contribution in [-0.4, -0.2) is 57.8 Å². The molecule has 0 radical (unpaired) electrons. The van der Waals surface area contributed by atoms with Crippen molar-refractivity contribution >= 4 is 33.5 Å². The lowest BCUT2D eigenvalue weighted by Gasteiger charge is -2.17. The second kappa shape index (κ2) is 10.6. The Morgan fingerprint density at radius 3 is 2.26 bits per heavy atom. The lowest BCUT2D eigenvalue weighted by Crippen LogP contribution is -2.38. The molecule has 0 saturated heterocycles. The van der Waals surface area contributed by atoms with E-state index < -0.39 is 46.8 Å². The Labute approximate surface area is 179 Å². The highest BCUT2D eigenvalue weighted by molar-refractivity contribution is 7.89. The topological polar surface area (TPSA) is 122 Å². The van der Waals surface area contributed by atoms with Crippen molar-refractivity contribution in [3.05, 3.63) is 59.9 Å². The number of esters is 1. The van der Waals surface area contributed by atoms with E-state index in [1.807, 2.05) is 6.92 Å². The van der Waals surface area contributed by atoms with E-state index in [1.165, 1.54) is 43.4 Å². The van der Waals surface area contributed by atoms with Gasteiger partial charge in [0.15, 0.2) is 6.61 Å². The van der Waals surface area contributed by atoms with Crippen molar-refractivity contribution in [3.8, 4) is 0 Å². The van der Waals surface area contributed by atoms with E-state index in [2.05, 4.69) is 10.0 Å². The number of nitrogens with one attached hydrogen (secondary N) is 2. The quantitative estimate of drug-likeness (QED) is 0.550. The average Bonchev–Trinajstić information content (AvgIpc) is 2.72. The van der Waals surface area contributed by atoms with E-state index in [-0.39, 0.29) is 11.4 Å². The molecule has 0 unspecified atom stereocenters. The van der Waals surface area contributed by atoms with Crippen molar-refractivity contribution in [2.45, 2.75) is 11.8 Å². The first kappa shape index (κ1) is 24.0. The van der Waals surface area contributed by atoms with Crippen molar-refractivity contribution in [2.75, 3.05) is 32.1 Å². The fraction of sp³-hybridized carbons (Fsp3) is 0.250. The maximum absolute atomic E-state index is 12.9. The minimum Gasteiger partial charge on any atom is -0.455 e. The maximum Gasteiger partial charge on any atom is 0.321 e. The van der Waals surface area contributed by atoms with Crippen LogP contribution in [0, 0.1) is 12.7 Å². The summed E-state index contributed by atoms with van der Waals surface area (Å²) in [5.41, 5.74) is 1.24. The third kappa shape index (κ3) is 7.79. The summed E-state index contributed by atoms with van der Waals surface area (Å²) in [6, 6.07) is 11.1. The normalized spacial score (nSPS) is 10.9. The van der Waals surface area contributed by atoms with Crippen molar-refractivity contribution in [1.29, 1.82) is 0 Å². The molecule has 31 heavy (non-hydrogen) atoms. The molecule has 11 heteroatoms. The molecule has 0 fully saturated rings. The molecule has 0 bridgehead atoms. The van der Waals surface area contributed by atoms with E-state index in [4.69, 9.17) is 4.74 Å². The van der Waals surface area contributed by atoms with Gasteiger partial charge in [0.05, 0.1) is 11.4 Å². The summed E-state index contributed by atoms with van der Waals surface area (Å²) < 4.78 is 44.0. The van der Waals surface area contributed by atoms with Crippen LogP contribution in [0.15, 0.2) is 53.4 Å². The Balaban J connectivity index is 1.75. The summed E-state index contributed by atoms with van der Waals surface area (Å²) >= 11 is 0. The molecular weight excluding hydrogens is 429 g/mol. The van der Waals surface area contributed by atoms with Crippen LogP contribution in [0.2, 0.25) is 0 Å². The van der Waals surface area contributed by atoms with Gasteiger partial charge in [0.2, 0.25) is 15.9 Å². The van der Waals surface area contributed by atoms with E-state index >= 15 is 0 Å². The summed E-state index contributed by atoms with van der Waals surface area (Å²) in [5.74, 6) is -2.59. The Hall–Kier alpha value is -3.31. The van der Waals surface area contributed by atoms with Crippen LogP contribution in [0.5, 0.6) is 0 Å². The molecule has 2 aromatic carbocycles. The number of carbonyl (C=O) groups is 3. The fourth-order valence-corrected chi connectivity index (χ4v) is 3.26. The lowest BCUT2D eigenvalue weighted by atomic mass is 10.2. The van der Waals surface area contributed by atoms with Gasteiger partial charge in [-0.15, -0.1) is 0 Å². The predicted octanol–water partition coefficient (Wildman–Crippen LogP) is 1.05. The summed E-state index contributed by atoms with van der Waals surface area (Å²) in [6.45, 7) is 0.166. The molecule has 9 nitrogen and oxygen atoms in total. The lowest BCUT2D eigenvalue weighted by molar-refractivity contribution is -0.150. The highest BCUT2D eigenvalue weighted by Gasteiger charge is 2.18. The molecule has 166 valence electrons. The zero-order chi connectivity index (χ0) is 23.0. The second-order valence-electron chi connectivity index (χ2n) is 6.60. The minimum absolute atomic E-state index is 0.00567. The summed E-state index contributed by atoms with van der Waals surface area (Å²) in [7, 11) is -2.56. The molecule has 0 spiro atoms. The molecule has 0 aromatic heterocycles. The molecule has 0 saturated carbocycles. The van der Waals surface area contributed by atoms with Gasteiger partial charge in [-0.3, -0.25) is 14.4 Å². The predicted molar refractivity (Wildman–Crippen MR) is 110 cm³/mol. The Bertz CT molecular complexity index is 1040. The van der Waals surface area contributed by atoms with Crippen LogP contribution >= 0.6 is 0 Å². The largest absolute Gasteiger partial charge is 0.455 e. The number of aryl methyl sites for hydroxylation is 1. The number of anilines is 1. The van der Waals surface area contributed by atoms with E-state index in [9.17, 15) is 27.2 Å². The second-order valence-corrected chi connectivity index (χ2v) is 8.37. The Morgan fingerprint density at radius 2 is 1.65 bits per heavy atom. The molecule has 2 amide bonds. The van der Waals surface area contributed by atoms with Crippen LogP contribution in [0.4, 0.5) is 10.1 Å². The SMILES string of the molecule is Cc1ccc(S(=O)(=O)NCC(=O)OCC(=O)N(C)CC(=O)Nc2ccc(F)cc2)cc1. The maximum atomic E-state index is 12.9. The van der Waals surface area contributed by atoms with Gasteiger partial charge in [-0.2, -0.15) is 4.72 Å². The van der Waals surface area contributed by atoms with Gasteiger partial charge in [-0.05, 0) is 43.3 Å². The number of nitrogens with zero attached hydrogens (tertiary/aromatic N) is 1. The Kier molecular flexibility index (Phi) is 8.22. The summed E-state index contributed by atoms with van der Waals surface area (Å²) in [6.07, 6.45) is 0. The number of carbonyl (C=O) groups excluding carboxylic acids is 3. The number of sulfonamides is 1. The monoisotopic (exact) mass is 451 g/mol. The number of amides is 2. The molecule has 0 aliphatic rings. The first-order chi connectivity index (χ1) is 14.6. The van der Waals surface area contributed by atoms with Crippen LogP contribution in [0.1, 0.15) is 5.56 Å². The van der Waals surface area contributed by atoms with E-state index in [0.29, 0.717) is 5.69 Å². The van der Waals surface area contributed by atoms with Crippen LogP contribution in [0.25, 0.3) is 0 Å². The Morgan fingerprint density at radius 1 is 1.03 bits per heavy atom. The van der Waals surface area contributed by atoms with Crippen LogP contribution in [-0.2, 0) is 29.1 Å². The molecule has 0 heterocycles. The van der Waals surface area contributed by atoms with Gasteiger partial charge in [-0.1, -0.05) is 17.7 Å². The number of hydrogen-bond donors (Lipinski definition) is 2. The van der Waals surface area contributed by atoms with Crippen LogP contribution < -0.4 is 10.0 Å². The third-order valence-electron chi connectivity index (χ3n) is 4.03. The van der Waals surface area contributed by atoms with Crippen molar-refractivity contribution in [1.82, 2.24) is 9.62 Å². The summed E-state index contributed by atoms with van der Waals surface area (Å²) in [5, 5.41) is 2.49. The molecular formula is C20H22FN3O6S. The molecule has 2 rings (SSSR count).